The van der Waals surface area contributed by atoms with Gasteiger partial charge in [-0.15, -0.1) is 0 Å². The van der Waals surface area contributed by atoms with Gasteiger partial charge in [0.15, 0.2) is 9.84 Å². The SMILES string of the molecule is CS(=O)(=O)c1ccc(C(=O)c2co[nH]c2=S(=O)=O)c(Cl)c1. The fraction of sp³-hybridized carbons (Fsp3) is 0.0909. The van der Waals surface area contributed by atoms with E-state index in [-0.39, 0.29) is 21.0 Å². The van der Waals surface area contributed by atoms with Crippen molar-refractivity contribution in [2.24, 2.45) is 0 Å². The second-order valence-electron chi connectivity index (χ2n) is 4.06. The minimum Gasteiger partial charge on any atom is -0.388 e. The number of rotatable bonds is 3. The maximum Gasteiger partial charge on any atom is 0.241 e. The Labute approximate surface area is 125 Å². The number of sulfone groups is 1. The number of aromatic nitrogens is 1. The van der Waals surface area contributed by atoms with Crippen LogP contribution in [0.25, 0.3) is 0 Å². The van der Waals surface area contributed by atoms with Crippen LogP contribution in [0.15, 0.2) is 33.9 Å². The first-order valence-electron chi connectivity index (χ1n) is 5.34. The fourth-order valence-electron chi connectivity index (χ4n) is 1.59. The van der Waals surface area contributed by atoms with Crippen molar-refractivity contribution >= 4 is 37.5 Å². The minimum absolute atomic E-state index is 0.0365. The van der Waals surface area contributed by atoms with E-state index in [9.17, 15) is 21.6 Å². The molecule has 7 nitrogen and oxygen atoms in total. The van der Waals surface area contributed by atoms with E-state index in [1.54, 1.807) is 0 Å². The summed E-state index contributed by atoms with van der Waals surface area (Å²) in [4.78, 5) is 12.2. The molecular formula is C11H8ClNO6S2. The van der Waals surface area contributed by atoms with Crippen molar-refractivity contribution < 1.29 is 26.2 Å². The molecule has 10 heteroatoms. The van der Waals surface area contributed by atoms with E-state index in [0.717, 1.165) is 18.6 Å². The van der Waals surface area contributed by atoms with E-state index in [1.165, 1.54) is 12.1 Å². The average Bonchev–Trinajstić information content (AvgIpc) is 2.86. The summed E-state index contributed by atoms with van der Waals surface area (Å²) in [5.74, 6) is -0.704. The molecule has 0 fully saturated rings. The maximum atomic E-state index is 12.2. The standard InChI is InChI=1S/C11H8ClNO6S2/c1-21(17,18)6-2-3-7(9(12)4-6)10(14)8-5-19-13-11(8)20(15)16/h2-5,13H,1H3. The first-order chi connectivity index (χ1) is 9.71. The Bertz CT molecular complexity index is 989. The summed E-state index contributed by atoms with van der Waals surface area (Å²) >= 11 is 5.90. The number of carbonyl (C=O) groups is 1. The molecule has 0 aliphatic carbocycles. The molecule has 2 aromatic rings. The molecule has 0 saturated carbocycles. The molecule has 0 atom stereocenters. The number of hydrogen-bond donors (Lipinski definition) is 1. The number of benzene rings is 1. The molecule has 0 radical (unpaired) electrons. The van der Waals surface area contributed by atoms with E-state index < -0.39 is 30.6 Å². The highest BCUT2D eigenvalue weighted by Gasteiger charge is 2.19. The summed E-state index contributed by atoms with van der Waals surface area (Å²) in [6.07, 6.45) is 1.94. The van der Waals surface area contributed by atoms with E-state index in [4.69, 9.17) is 11.6 Å². The van der Waals surface area contributed by atoms with Crippen LogP contribution in [-0.4, -0.2) is 34.0 Å². The maximum absolute atomic E-state index is 12.2. The molecule has 1 heterocycles. The lowest BCUT2D eigenvalue weighted by atomic mass is 10.1. The predicted molar refractivity (Wildman–Crippen MR) is 73.2 cm³/mol. The molecule has 0 aliphatic heterocycles. The molecule has 0 saturated heterocycles. The predicted octanol–water partition coefficient (Wildman–Crippen LogP) is 1.31. The van der Waals surface area contributed by atoms with Crippen LogP contribution in [-0.2, 0) is 20.1 Å². The normalized spacial score (nSPS) is 11.3. The molecule has 112 valence electrons. The van der Waals surface area contributed by atoms with Crippen molar-refractivity contribution in [2.75, 3.05) is 6.26 Å². The van der Waals surface area contributed by atoms with Gasteiger partial charge in [0.05, 0.1) is 9.92 Å². The molecule has 2 rings (SSSR count). The minimum atomic E-state index is -3.46. The molecule has 0 amide bonds. The van der Waals surface area contributed by atoms with Gasteiger partial charge in [0.1, 0.15) is 11.8 Å². The van der Waals surface area contributed by atoms with E-state index in [1.807, 2.05) is 0 Å². The first-order valence-corrected chi connectivity index (χ1v) is 8.69. The van der Waals surface area contributed by atoms with Crippen molar-refractivity contribution in [2.45, 2.75) is 4.90 Å². The fourth-order valence-corrected chi connectivity index (χ4v) is 3.00. The Morgan fingerprint density at radius 1 is 1.29 bits per heavy atom. The van der Waals surface area contributed by atoms with Crippen molar-refractivity contribution in [3.8, 4) is 0 Å². The third-order valence-corrected chi connectivity index (χ3v) is 4.66. The molecule has 0 spiro atoms. The van der Waals surface area contributed by atoms with Crippen LogP contribution in [0.4, 0.5) is 0 Å². The number of halogens is 1. The van der Waals surface area contributed by atoms with E-state index in [2.05, 4.69) is 9.68 Å². The van der Waals surface area contributed by atoms with Gasteiger partial charge in [-0.3, -0.25) is 4.79 Å². The van der Waals surface area contributed by atoms with Crippen LogP contribution in [0.2, 0.25) is 5.02 Å². The van der Waals surface area contributed by atoms with Gasteiger partial charge in [-0.05, 0) is 18.2 Å². The molecule has 1 aromatic carbocycles. The second-order valence-corrected chi connectivity index (χ2v) is 7.36. The Morgan fingerprint density at radius 3 is 2.48 bits per heavy atom. The van der Waals surface area contributed by atoms with Crippen LogP contribution in [0.3, 0.4) is 0 Å². The Hall–Kier alpha value is -1.84. The van der Waals surface area contributed by atoms with Gasteiger partial charge in [-0.1, -0.05) is 11.6 Å². The molecular weight excluding hydrogens is 342 g/mol. The molecule has 0 unspecified atom stereocenters. The summed E-state index contributed by atoms with van der Waals surface area (Å²) in [7, 11) is -6.15. The highest BCUT2D eigenvalue weighted by Crippen LogP contribution is 2.23. The first kappa shape index (κ1) is 15.5. The lowest BCUT2D eigenvalue weighted by Crippen LogP contribution is -2.04. The number of nitrogens with one attached hydrogen (secondary N) is 1. The lowest BCUT2D eigenvalue weighted by Gasteiger charge is -2.04. The van der Waals surface area contributed by atoms with Crippen molar-refractivity contribution in [3.63, 3.8) is 0 Å². The summed E-state index contributed by atoms with van der Waals surface area (Å²) in [6, 6.07) is 3.55. The number of H-pyrrole nitrogens is 1. The quantitative estimate of drug-likeness (QED) is 0.660. The van der Waals surface area contributed by atoms with E-state index >= 15 is 0 Å². The van der Waals surface area contributed by atoms with Gasteiger partial charge < -0.3 is 4.52 Å². The Balaban J connectivity index is 2.61. The van der Waals surface area contributed by atoms with Gasteiger partial charge in [0, 0.05) is 11.8 Å². The summed E-state index contributed by atoms with van der Waals surface area (Å²) in [5, 5.41) is 1.96. The molecule has 1 N–H and O–H groups in total. The van der Waals surface area contributed by atoms with Crippen LogP contribution in [0.1, 0.15) is 15.9 Å². The van der Waals surface area contributed by atoms with Gasteiger partial charge in [0.2, 0.25) is 20.7 Å². The van der Waals surface area contributed by atoms with Crippen molar-refractivity contribution in [3.05, 3.63) is 45.3 Å². The number of carbonyl (C=O) groups excluding carboxylic acids is 1. The van der Waals surface area contributed by atoms with Crippen LogP contribution in [0.5, 0.6) is 0 Å². The zero-order valence-electron chi connectivity index (χ0n) is 10.5. The number of hydrogen-bond acceptors (Lipinski definition) is 6. The van der Waals surface area contributed by atoms with Gasteiger partial charge in [-0.25, -0.2) is 13.6 Å². The van der Waals surface area contributed by atoms with E-state index in [0.29, 0.717) is 0 Å². The van der Waals surface area contributed by atoms with Crippen molar-refractivity contribution in [1.82, 2.24) is 5.16 Å². The molecule has 21 heavy (non-hydrogen) atoms. The van der Waals surface area contributed by atoms with Gasteiger partial charge >= 0.3 is 0 Å². The van der Waals surface area contributed by atoms with Crippen LogP contribution >= 0.6 is 11.6 Å². The van der Waals surface area contributed by atoms with Gasteiger partial charge in [-0.2, -0.15) is 8.42 Å². The largest absolute Gasteiger partial charge is 0.388 e. The topological polar surface area (TPSA) is 114 Å². The Morgan fingerprint density at radius 2 is 1.95 bits per heavy atom. The third-order valence-electron chi connectivity index (χ3n) is 2.60. The van der Waals surface area contributed by atoms with Crippen molar-refractivity contribution in [1.29, 1.82) is 0 Å². The smallest absolute Gasteiger partial charge is 0.241 e. The summed E-state index contributed by atoms with van der Waals surface area (Å²) in [6.45, 7) is 0. The molecule has 1 aromatic heterocycles. The Kier molecular flexibility index (Phi) is 4.08. The monoisotopic (exact) mass is 349 g/mol. The second kappa shape index (κ2) is 5.51. The number of ketones is 1. The summed E-state index contributed by atoms with van der Waals surface area (Å²) < 4.78 is 48.8. The zero-order chi connectivity index (χ0) is 15.8. The summed E-state index contributed by atoms with van der Waals surface area (Å²) in [5.41, 5.74) is -0.261. The van der Waals surface area contributed by atoms with Crippen LogP contribution in [0, 0.1) is 4.64 Å². The lowest BCUT2D eigenvalue weighted by molar-refractivity contribution is 0.103. The van der Waals surface area contributed by atoms with Crippen LogP contribution < -0.4 is 0 Å². The average molecular weight is 350 g/mol. The zero-order valence-corrected chi connectivity index (χ0v) is 12.8. The number of aromatic amines is 1. The van der Waals surface area contributed by atoms with Gasteiger partial charge in [0.25, 0.3) is 0 Å². The molecule has 0 bridgehead atoms. The molecule has 0 aliphatic rings. The highest BCUT2D eigenvalue weighted by atomic mass is 35.5. The third kappa shape index (κ3) is 3.09. The highest BCUT2D eigenvalue weighted by molar-refractivity contribution is 7.90.